The van der Waals surface area contributed by atoms with Gasteiger partial charge in [-0.3, -0.25) is 0 Å². The Bertz CT molecular complexity index is 2910. The minimum Gasteiger partial charge on any atom is -0.455 e. The lowest BCUT2D eigenvalue weighted by molar-refractivity contribution is 0.670. The number of para-hydroxylation sites is 1. The second-order valence-corrected chi connectivity index (χ2v) is 12.8. The molecule has 2 aromatic heterocycles. The molecule has 8 aromatic carbocycles. The maximum Gasteiger partial charge on any atom is 0.164 e. The van der Waals surface area contributed by atoms with E-state index < -0.39 is 0 Å². The molecule has 0 unspecified atom stereocenters. The van der Waals surface area contributed by atoms with E-state index in [0.29, 0.717) is 17.5 Å². The number of benzene rings is 8. The largest absolute Gasteiger partial charge is 0.455 e. The third-order valence-corrected chi connectivity index (χ3v) is 9.70. The highest BCUT2D eigenvalue weighted by atomic mass is 16.3. The second-order valence-electron chi connectivity index (χ2n) is 12.8. The number of fused-ring (bicyclic) bond motifs is 5. The molecular weight excluding hydrogens is 623 g/mol. The topological polar surface area (TPSA) is 51.8 Å². The summed E-state index contributed by atoms with van der Waals surface area (Å²) in [5.41, 5.74) is 8.91. The van der Waals surface area contributed by atoms with Gasteiger partial charge in [-0.25, -0.2) is 15.0 Å². The zero-order chi connectivity index (χ0) is 33.7. The van der Waals surface area contributed by atoms with Crippen molar-refractivity contribution < 1.29 is 4.42 Å². The zero-order valence-electron chi connectivity index (χ0n) is 27.5. The Balaban J connectivity index is 1.17. The van der Waals surface area contributed by atoms with Gasteiger partial charge in [0.25, 0.3) is 0 Å². The van der Waals surface area contributed by atoms with E-state index in [1.807, 2.05) is 48.5 Å². The van der Waals surface area contributed by atoms with Gasteiger partial charge in [0.05, 0.1) is 0 Å². The quantitative estimate of drug-likeness (QED) is 0.186. The van der Waals surface area contributed by atoms with Crippen LogP contribution in [0.15, 0.2) is 180 Å². The number of furan rings is 1. The molecule has 0 aliphatic rings. The van der Waals surface area contributed by atoms with Crippen LogP contribution in [0.25, 0.3) is 99.9 Å². The van der Waals surface area contributed by atoms with Gasteiger partial charge in [-0.1, -0.05) is 140 Å². The van der Waals surface area contributed by atoms with E-state index in [-0.39, 0.29) is 0 Å². The van der Waals surface area contributed by atoms with Crippen molar-refractivity contribution in [1.82, 2.24) is 15.0 Å². The van der Waals surface area contributed by atoms with Crippen molar-refractivity contribution in [2.24, 2.45) is 0 Å². The van der Waals surface area contributed by atoms with Crippen molar-refractivity contribution in [3.8, 4) is 56.4 Å². The fourth-order valence-corrected chi connectivity index (χ4v) is 7.14. The first-order valence-corrected chi connectivity index (χ1v) is 17.1. The molecule has 0 amide bonds. The fraction of sp³-hybridized carbons (Fsp3) is 0. The molecule has 10 rings (SSSR count). The minimum atomic E-state index is 0.599. The van der Waals surface area contributed by atoms with Crippen LogP contribution in [0.1, 0.15) is 0 Å². The van der Waals surface area contributed by atoms with Gasteiger partial charge in [0.15, 0.2) is 17.5 Å². The van der Waals surface area contributed by atoms with Crippen molar-refractivity contribution in [2.45, 2.75) is 0 Å². The molecule has 0 bridgehead atoms. The molecule has 4 nitrogen and oxygen atoms in total. The Morgan fingerprint density at radius 1 is 0.333 bits per heavy atom. The van der Waals surface area contributed by atoms with Crippen LogP contribution >= 0.6 is 0 Å². The van der Waals surface area contributed by atoms with Crippen LogP contribution in [0.2, 0.25) is 0 Å². The highest BCUT2D eigenvalue weighted by Gasteiger charge is 2.21. The second kappa shape index (κ2) is 11.9. The van der Waals surface area contributed by atoms with Crippen molar-refractivity contribution in [3.63, 3.8) is 0 Å². The summed E-state index contributed by atoms with van der Waals surface area (Å²) in [6.45, 7) is 0. The molecule has 0 saturated carbocycles. The van der Waals surface area contributed by atoms with Gasteiger partial charge in [-0.15, -0.1) is 0 Å². The van der Waals surface area contributed by atoms with Gasteiger partial charge in [0.2, 0.25) is 0 Å². The Kier molecular flexibility index (Phi) is 6.78. The summed E-state index contributed by atoms with van der Waals surface area (Å²) in [6, 6.07) is 61.1. The first-order valence-electron chi connectivity index (χ1n) is 17.1. The molecule has 0 atom stereocenters. The number of hydrogen-bond acceptors (Lipinski definition) is 4. The van der Waals surface area contributed by atoms with Gasteiger partial charge >= 0.3 is 0 Å². The lowest BCUT2D eigenvalue weighted by Crippen LogP contribution is -2.00. The van der Waals surface area contributed by atoms with Crippen molar-refractivity contribution in [1.29, 1.82) is 0 Å². The van der Waals surface area contributed by atoms with E-state index in [1.165, 1.54) is 27.3 Å². The van der Waals surface area contributed by atoms with Gasteiger partial charge in [0.1, 0.15) is 11.2 Å². The van der Waals surface area contributed by atoms with E-state index in [9.17, 15) is 0 Å². The van der Waals surface area contributed by atoms with E-state index in [2.05, 4.69) is 127 Å². The molecule has 0 N–H and O–H groups in total. The van der Waals surface area contributed by atoms with E-state index >= 15 is 0 Å². The van der Waals surface area contributed by atoms with Gasteiger partial charge in [-0.2, -0.15) is 0 Å². The van der Waals surface area contributed by atoms with Crippen LogP contribution in [-0.2, 0) is 0 Å². The Labute approximate surface area is 294 Å². The third-order valence-electron chi connectivity index (χ3n) is 9.70. The van der Waals surface area contributed by atoms with Crippen molar-refractivity contribution in [3.05, 3.63) is 176 Å². The van der Waals surface area contributed by atoms with Crippen molar-refractivity contribution >= 4 is 43.5 Å². The molecule has 0 fully saturated rings. The Hall–Kier alpha value is -6.91. The maximum atomic E-state index is 6.70. The Morgan fingerprint density at radius 2 is 0.863 bits per heavy atom. The van der Waals surface area contributed by atoms with E-state index in [0.717, 1.165) is 55.1 Å². The van der Waals surface area contributed by atoms with Gasteiger partial charge < -0.3 is 4.42 Å². The normalized spacial score (nSPS) is 11.5. The van der Waals surface area contributed by atoms with E-state index in [4.69, 9.17) is 19.4 Å². The molecule has 0 saturated heterocycles. The molecule has 10 aromatic rings. The van der Waals surface area contributed by atoms with Crippen LogP contribution in [0.5, 0.6) is 0 Å². The molecule has 51 heavy (non-hydrogen) atoms. The van der Waals surface area contributed by atoms with E-state index in [1.54, 1.807) is 0 Å². The van der Waals surface area contributed by atoms with Crippen LogP contribution in [0.3, 0.4) is 0 Å². The molecule has 0 spiro atoms. The standard InChI is InChI=1S/C47H29N3O/c1-3-11-30(12-4-1)34-20-21-36-28-37(23-22-35(36)27-34)39-25-26-41(43-40-17-9-10-18-42(40)51-44(39)43)47-49-45(32-14-5-2-6-15-32)48-46(50-47)38-24-19-31-13-7-8-16-33(31)29-38/h1-29H. The summed E-state index contributed by atoms with van der Waals surface area (Å²) in [6.07, 6.45) is 0. The third kappa shape index (κ3) is 5.13. The summed E-state index contributed by atoms with van der Waals surface area (Å²) < 4.78 is 6.70. The summed E-state index contributed by atoms with van der Waals surface area (Å²) in [5.74, 6) is 1.85. The molecule has 2 heterocycles. The molecule has 0 aliphatic heterocycles. The number of hydrogen-bond donors (Lipinski definition) is 0. The fourth-order valence-electron chi connectivity index (χ4n) is 7.14. The van der Waals surface area contributed by atoms with Crippen LogP contribution in [0.4, 0.5) is 0 Å². The molecule has 238 valence electrons. The van der Waals surface area contributed by atoms with Gasteiger partial charge in [0, 0.05) is 33.0 Å². The predicted molar refractivity (Wildman–Crippen MR) is 209 cm³/mol. The number of rotatable bonds is 5. The lowest BCUT2D eigenvalue weighted by atomic mass is 9.95. The first-order chi connectivity index (χ1) is 25.2. The number of nitrogens with zero attached hydrogens (tertiary/aromatic N) is 3. The average molecular weight is 652 g/mol. The first kappa shape index (κ1) is 29.0. The molecule has 0 radical (unpaired) electrons. The lowest BCUT2D eigenvalue weighted by Gasteiger charge is -2.12. The average Bonchev–Trinajstić information content (AvgIpc) is 3.60. The van der Waals surface area contributed by atoms with Crippen LogP contribution < -0.4 is 0 Å². The van der Waals surface area contributed by atoms with Crippen LogP contribution in [-0.4, -0.2) is 15.0 Å². The highest BCUT2D eigenvalue weighted by molar-refractivity contribution is 6.16. The molecule has 4 heteroatoms. The number of aromatic nitrogens is 3. The van der Waals surface area contributed by atoms with Crippen molar-refractivity contribution in [2.75, 3.05) is 0 Å². The maximum absolute atomic E-state index is 6.70. The zero-order valence-corrected chi connectivity index (χ0v) is 27.5. The summed E-state index contributed by atoms with van der Waals surface area (Å²) in [7, 11) is 0. The molecular formula is C47H29N3O. The smallest absolute Gasteiger partial charge is 0.164 e. The Morgan fingerprint density at radius 3 is 1.67 bits per heavy atom. The predicted octanol–water partition coefficient (Wildman–Crippen LogP) is 12.4. The summed E-state index contributed by atoms with van der Waals surface area (Å²) in [4.78, 5) is 15.3. The molecule has 0 aliphatic carbocycles. The summed E-state index contributed by atoms with van der Waals surface area (Å²) >= 11 is 0. The minimum absolute atomic E-state index is 0.599. The highest BCUT2D eigenvalue weighted by Crippen LogP contribution is 2.42. The van der Waals surface area contributed by atoms with Gasteiger partial charge in [-0.05, 0) is 74.6 Å². The summed E-state index contributed by atoms with van der Waals surface area (Å²) in [5, 5.41) is 6.68. The monoisotopic (exact) mass is 651 g/mol. The SMILES string of the molecule is c1ccc(-c2ccc3cc(-c4ccc(-c5nc(-c6ccccc6)nc(-c6ccc7ccccc7c6)n5)c5c4oc4ccccc45)ccc3c2)cc1. The van der Waals surface area contributed by atoms with Crippen LogP contribution in [0, 0.1) is 0 Å².